The SMILES string of the molecule is O=C(CN1CC(c2nc(-c3cccs3)no2)C1)NCc1ccco1.O=C(O)C(=O)O. The largest absolute Gasteiger partial charge is 0.473 e. The number of carboxylic acid groups (broad SMARTS) is 2. The van der Waals surface area contributed by atoms with Gasteiger partial charge in [0.1, 0.15) is 5.76 Å². The van der Waals surface area contributed by atoms with Crippen molar-refractivity contribution in [1.29, 1.82) is 0 Å². The van der Waals surface area contributed by atoms with Gasteiger partial charge in [-0.05, 0) is 23.6 Å². The number of aromatic nitrogens is 2. The molecule has 11 nitrogen and oxygen atoms in total. The summed E-state index contributed by atoms with van der Waals surface area (Å²) in [7, 11) is 0. The molecule has 1 aliphatic rings. The van der Waals surface area contributed by atoms with Gasteiger partial charge in [-0.1, -0.05) is 11.2 Å². The highest BCUT2D eigenvalue weighted by atomic mass is 32.1. The van der Waals surface area contributed by atoms with E-state index in [-0.39, 0.29) is 11.8 Å². The second-order valence-electron chi connectivity index (χ2n) is 6.29. The van der Waals surface area contributed by atoms with E-state index in [0.29, 0.717) is 24.8 Å². The zero-order valence-corrected chi connectivity index (χ0v) is 16.4. The van der Waals surface area contributed by atoms with Crippen LogP contribution in [0.2, 0.25) is 0 Å². The first-order chi connectivity index (χ1) is 14.4. The van der Waals surface area contributed by atoms with Crippen LogP contribution in [-0.4, -0.2) is 62.7 Å². The number of amides is 1. The van der Waals surface area contributed by atoms with Gasteiger partial charge in [-0.15, -0.1) is 11.3 Å². The van der Waals surface area contributed by atoms with E-state index in [2.05, 4.69) is 20.4 Å². The molecular formula is C18H18N4O7S. The van der Waals surface area contributed by atoms with E-state index in [1.54, 1.807) is 23.7 Å². The molecule has 0 unspecified atom stereocenters. The number of aliphatic carboxylic acids is 2. The van der Waals surface area contributed by atoms with E-state index in [1.165, 1.54) is 0 Å². The van der Waals surface area contributed by atoms with Crippen LogP contribution in [-0.2, 0) is 20.9 Å². The topological polar surface area (TPSA) is 159 Å². The van der Waals surface area contributed by atoms with E-state index in [0.717, 1.165) is 23.7 Å². The van der Waals surface area contributed by atoms with E-state index < -0.39 is 11.9 Å². The number of thiophene rings is 1. The number of carbonyl (C=O) groups excluding carboxylic acids is 1. The summed E-state index contributed by atoms with van der Waals surface area (Å²) in [4.78, 5) is 37.6. The van der Waals surface area contributed by atoms with E-state index >= 15 is 0 Å². The smallest absolute Gasteiger partial charge is 0.414 e. The highest BCUT2D eigenvalue weighted by molar-refractivity contribution is 7.13. The number of likely N-dealkylation sites (tertiary alicyclic amines) is 1. The van der Waals surface area contributed by atoms with Crippen LogP contribution in [0.25, 0.3) is 10.7 Å². The Labute approximate surface area is 173 Å². The van der Waals surface area contributed by atoms with Crippen LogP contribution in [0.1, 0.15) is 17.6 Å². The van der Waals surface area contributed by atoms with Gasteiger partial charge in [0, 0.05) is 13.1 Å². The van der Waals surface area contributed by atoms with Crippen LogP contribution in [0.15, 0.2) is 44.8 Å². The molecule has 0 aliphatic carbocycles. The molecule has 0 aromatic carbocycles. The van der Waals surface area contributed by atoms with Gasteiger partial charge in [-0.2, -0.15) is 4.98 Å². The van der Waals surface area contributed by atoms with Gasteiger partial charge in [0.05, 0.1) is 30.1 Å². The third-order valence-electron chi connectivity index (χ3n) is 4.08. The highest BCUT2D eigenvalue weighted by Crippen LogP contribution is 2.28. The van der Waals surface area contributed by atoms with E-state index in [9.17, 15) is 4.79 Å². The van der Waals surface area contributed by atoms with Crippen molar-refractivity contribution in [2.45, 2.75) is 12.5 Å². The number of nitrogens with zero attached hydrogens (tertiary/aromatic N) is 3. The maximum atomic E-state index is 11.9. The van der Waals surface area contributed by atoms with Gasteiger partial charge in [-0.25, -0.2) is 9.59 Å². The molecule has 1 saturated heterocycles. The lowest BCUT2D eigenvalue weighted by Crippen LogP contribution is -2.49. The van der Waals surface area contributed by atoms with Gasteiger partial charge < -0.3 is 24.5 Å². The first-order valence-corrected chi connectivity index (χ1v) is 9.65. The highest BCUT2D eigenvalue weighted by Gasteiger charge is 2.33. The molecule has 0 atom stereocenters. The van der Waals surface area contributed by atoms with Crippen LogP contribution in [0.4, 0.5) is 0 Å². The van der Waals surface area contributed by atoms with Crippen molar-refractivity contribution in [3.63, 3.8) is 0 Å². The average Bonchev–Trinajstić information content (AvgIpc) is 3.45. The van der Waals surface area contributed by atoms with Gasteiger partial charge in [0.25, 0.3) is 0 Å². The number of furan rings is 1. The van der Waals surface area contributed by atoms with Gasteiger partial charge in [0.2, 0.25) is 17.6 Å². The second kappa shape index (κ2) is 9.80. The van der Waals surface area contributed by atoms with Crippen molar-refractivity contribution in [1.82, 2.24) is 20.4 Å². The number of hydrogen-bond acceptors (Lipinski definition) is 9. The third kappa shape index (κ3) is 5.75. The van der Waals surface area contributed by atoms with Crippen molar-refractivity contribution < 1.29 is 33.5 Å². The molecule has 30 heavy (non-hydrogen) atoms. The minimum atomic E-state index is -1.82. The van der Waals surface area contributed by atoms with E-state index in [1.807, 2.05) is 23.6 Å². The summed E-state index contributed by atoms with van der Waals surface area (Å²) in [6.07, 6.45) is 1.59. The molecule has 1 aliphatic heterocycles. The summed E-state index contributed by atoms with van der Waals surface area (Å²) in [6, 6.07) is 7.56. The molecule has 0 bridgehead atoms. The third-order valence-corrected chi connectivity index (χ3v) is 4.95. The lowest BCUT2D eigenvalue weighted by Gasteiger charge is -2.36. The Balaban J connectivity index is 0.000000377. The number of carboxylic acids is 2. The predicted octanol–water partition coefficient (Wildman–Crippen LogP) is 1.26. The minimum absolute atomic E-state index is 0.0188. The lowest BCUT2D eigenvalue weighted by atomic mass is 10.0. The van der Waals surface area contributed by atoms with Gasteiger partial charge in [0.15, 0.2) is 0 Å². The Hall–Kier alpha value is -3.51. The average molecular weight is 434 g/mol. The Morgan fingerprint density at radius 2 is 1.97 bits per heavy atom. The fraction of sp³-hybridized carbons (Fsp3) is 0.278. The molecular weight excluding hydrogens is 416 g/mol. The van der Waals surface area contributed by atoms with Gasteiger partial charge in [-0.3, -0.25) is 9.69 Å². The summed E-state index contributed by atoms with van der Waals surface area (Å²) in [5.74, 6) is -1.44. The zero-order valence-electron chi connectivity index (χ0n) is 15.6. The lowest BCUT2D eigenvalue weighted by molar-refractivity contribution is -0.159. The Morgan fingerprint density at radius 1 is 1.20 bits per heavy atom. The van der Waals surface area contributed by atoms with Crippen molar-refractivity contribution >= 4 is 29.2 Å². The molecule has 3 aromatic rings. The first-order valence-electron chi connectivity index (χ1n) is 8.77. The number of nitrogens with one attached hydrogen (secondary N) is 1. The number of carbonyl (C=O) groups is 3. The van der Waals surface area contributed by atoms with Crippen LogP contribution >= 0.6 is 11.3 Å². The monoisotopic (exact) mass is 434 g/mol. The van der Waals surface area contributed by atoms with Crippen LogP contribution in [0.5, 0.6) is 0 Å². The fourth-order valence-electron chi connectivity index (χ4n) is 2.62. The molecule has 0 radical (unpaired) electrons. The summed E-state index contributed by atoms with van der Waals surface area (Å²) in [5, 5.41) is 23.6. The molecule has 4 heterocycles. The number of rotatable bonds is 6. The molecule has 3 N–H and O–H groups in total. The molecule has 0 saturated carbocycles. The minimum Gasteiger partial charge on any atom is -0.473 e. The normalized spacial score (nSPS) is 13.7. The molecule has 12 heteroatoms. The Bertz CT molecular complexity index is 966. The number of hydrogen-bond donors (Lipinski definition) is 3. The van der Waals surface area contributed by atoms with Crippen molar-refractivity contribution in [2.75, 3.05) is 19.6 Å². The Kier molecular flexibility index (Phi) is 6.93. The van der Waals surface area contributed by atoms with Crippen molar-refractivity contribution in [3.8, 4) is 10.7 Å². The van der Waals surface area contributed by atoms with Gasteiger partial charge >= 0.3 is 11.9 Å². The Morgan fingerprint density at radius 3 is 2.57 bits per heavy atom. The summed E-state index contributed by atoms with van der Waals surface area (Å²) in [5.41, 5.74) is 0. The van der Waals surface area contributed by atoms with E-state index in [4.69, 9.17) is 28.7 Å². The first kappa shape index (κ1) is 21.2. The van der Waals surface area contributed by atoms with Crippen LogP contribution in [0.3, 0.4) is 0 Å². The quantitative estimate of drug-likeness (QED) is 0.482. The molecule has 4 rings (SSSR count). The molecule has 3 aromatic heterocycles. The molecule has 0 spiro atoms. The summed E-state index contributed by atoms with van der Waals surface area (Å²) < 4.78 is 10.5. The molecule has 158 valence electrons. The standard InChI is InChI=1S/C16H16N4O3S.C2H2O4/c21-14(17-7-12-3-1-5-22-12)10-20-8-11(9-20)16-18-15(19-23-16)13-4-2-6-24-13;3-1(4)2(5)6/h1-6,11H,7-10H2,(H,17,21);(H,3,4)(H,5,6). The maximum absolute atomic E-state index is 11.9. The van der Waals surface area contributed by atoms with Crippen LogP contribution in [0, 0.1) is 0 Å². The zero-order chi connectivity index (χ0) is 21.5. The second-order valence-corrected chi connectivity index (χ2v) is 7.24. The summed E-state index contributed by atoms with van der Waals surface area (Å²) in [6.45, 7) is 2.28. The molecule has 1 fully saturated rings. The predicted molar refractivity (Wildman–Crippen MR) is 103 cm³/mol. The summed E-state index contributed by atoms with van der Waals surface area (Å²) >= 11 is 1.58. The fourth-order valence-corrected chi connectivity index (χ4v) is 3.27. The van der Waals surface area contributed by atoms with Crippen molar-refractivity contribution in [2.24, 2.45) is 0 Å². The van der Waals surface area contributed by atoms with Crippen LogP contribution < -0.4 is 5.32 Å². The molecule has 1 amide bonds. The maximum Gasteiger partial charge on any atom is 0.414 e. The van der Waals surface area contributed by atoms with Crippen molar-refractivity contribution in [3.05, 3.63) is 47.6 Å².